The smallest absolute Gasteiger partial charge is 0.408 e. The number of aliphatic hydroxyl groups is 1. The summed E-state index contributed by atoms with van der Waals surface area (Å²) in [6, 6.07) is 14.6. The van der Waals surface area contributed by atoms with Crippen molar-refractivity contribution in [3.8, 4) is 5.75 Å². The van der Waals surface area contributed by atoms with Crippen molar-refractivity contribution >= 4 is 16.1 Å². The van der Waals surface area contributed by atoms with Crippen molar-refractivity contribution in [3.05, 3.63) is 60.2 Å². The summed E-state index contributed by atoms with van der Waals surface area (Å²) < 4.78 is 44.4. The molecule has 0 saturated heterocycles. The minimum absolute atomic E-state index is 0.00757. The van der Waals surface area contributed by atoms with Crippen molar-refractivity contribution in [3.63, 3.8) is 0 Å². The fourth-order valence-electron chi connectivity index (χ4n) is 3.50. The molecule has 2 atom stereocenters. The second kappa shape index (κ2) is 13.8. The molecule has 0 aliphatic carbocycles. The predicted molar refractivity (Wildman–Crippen MR) is 142 cm³/mol. The molecule has 2 aromatic rings. The predicted octanol–water partition coefficient (Wildman–Crippen LogP) is 3.81. The molecule has 0 saturated carbocycles. The molecule has 2 aromatic carbocycles. The lowest BCUT2D eigenvalue weighted by molar-refractivity contribution is 0.0149. The second-order valence-corrected chi connectivity index (χ2v) is 12.2. The van der Waals surface area contributed by atoms with E-state index in [9.17, 15) is 18.3 Å². The Bertz CT molecular complexity index is 1070. The van der Waals surface area contributed by atoms with Crippen molar-refractivity contribution in [2.75, 3.05) is 26.8 Å². The van der Waals surface area contributed by atoms with Crippen LogP contribution in [-0.2, 0) is 26.1 Å². The molecule has 0 fully saturated rings. The summed E-state index contributed by atoms with van der Waals surface area (Å²) in [5, 5.41) is 13.8. The highest BCUT2D eigenvalue weighted by Crippen LogP contribution is 2.21. The molecule has 0 aromatic heterocycles. The van der Waals surface area contributed by atoms with E-state index < -0.39 is 33.9 Å². The number of carbonyl (C=O) groups excluding carboxylic acids is 1. The first kappa shape index (κ1) is 30.6. The molecule has 10 heteroatoms. The standard InChI is InChI=1S/C27H40N2O7S/c1-20(2)16-29(37(32,33)23-14-12-22(34-6)13-15-23)17-25(30)24(28-26(31)36-27(3,4)5)19-35-18-21-10-8-7-9-11-21/h7-15,20,24-25,30H,16-19H2,1-6H3,(H,28,31)/t24-,25+/m0/s1. The summed E-state index contributed by atoms with van der Waals surface area (Å²) in [6.07, 6.45) is -2.00. The Morgan fingerprint density at radius 3 is 2.19 bits per heavy atom. The molecule has 2 rings (SSSR count). The van der Waals surface area contributed by atoms with Crippen molar-refractivity contribution in [2.45, 2.75) is 63.9 Å². The molecule has 206 valence electrons. The number of hydrogen-bond acceptors (Lipinski definition) is 7. The zero-order valence-electron chi connectivity index (χ0n) is 22.5. The molecule has 9 nitrogen and oxygen atoms in total. The summed E-state index contributed by atoms with van der Waals surface area (Å²) in [6.45, 7) is 9.12. The lowest BCUT2D eigenvalue weighted by atomic mass is 10.1. The molecule has 0 unspecified atom stereocenters. The van der Waals surface area contributed by atoms with Gasteiger partial charge in [0.2, 0.25) is 10.0 Å². The van der Waals surface area contributed by atoms with Gasteiger partial charge in [0.1, 0.15) is 11.4 Å². The Morgan fingerprint density at radius 2 is 1.65 bits per heavy atom. The van der Waals surface area contributed by atoms with E-state index in [1.165, 1.54) is 23.5 Å². The first-order chi connectivity index (χ1) is 17.3. The lowest BCUT2D eigenvalue weighted by Gasteiger charge is -2.31. The fraction of sp³-hybridized carbons (Fsp3) is 0.519. The maximum atomic E-state index is 13.5. The molecule has 2 N–H and O–H groups in total. The van der Waals surface area contributed by atoms with E-state index in [0.717, 1.165) is 5.56 Å². The largest absolute Gasteiger partial charge is 0.497 e. The SMILES string of the molecule is COc1ccc(S(=O)(=O)N(CC(C)C)C[C@@H](O)[C@H](COCc2ccccc2)NC(=O)OC(C)(C)C)cc1. The summed E-state index contributed by atoms with van der Waals surface area (Å²) in [4.78, 5) is 12.6. The lowest BCUT2D eigenvalue weighted by Crippen LogP contribution is -2.52. The third-order valence-electron chi connectivity index (χ3n) is 5.23. The van der Waals surface area contributed by atoms with E-state index in [-0.39, 0.29) is 37.1 Å². The number of ether oxygens (including phenoxy) is 3. The molecule has 1 amide bonds. The van der Waals surface area contributed by atoms with Gasteiger partial charge in [-0.2, -0.15) is 4.31 Å². The molecular weight excluding hydrogens is 496 g/mol. The zero-order valence-corrected chi connectivity index (χ0v) is 23.3. The highest BCUT2D eigenvalue weighted by molar-refractivity contribution is 7.89. The first-order valence-electron chi connectivity index (χ1n) is 12.2. The molecule has 0 radical (unpaired) electrons. The minimum Gasteiger partial charge on any atom is -0.497 e. The van der Waals surface area contributed by atoms with Crippen molar-refractivity contribution in [1.29, 1.82) is 0 Å². The van der Waals surface area contributed by atoms with Crippen LogP contribution >= 0.6 is 0 Å². The molecule has 37 heavy (non-hydrogen) atoms. The molecular formula is C27H40N2O7S. The van der Waals surface area contributed by atoms with Crippen LogP contribution in [0.15, 0.2) is 59.5 Å². The highest BCUT2D eigenvalue weighted by atomic mass is 32.2. The number of amides is 1. The van der Waals surface area contributed by atoms with Gasteiger partial charge in [-0.15, -0.1) is 0 Å². The van der Waals surface area contributed by atoms with Gasteiger partial charge in [0.25, 0.3) is 0 Å². The average molecular weight is 537 g/mol. The van der Waals surface area contributed by atoms with Gasteiger partial charge in [-0.25, -0.2) is 13.2 Å². The maximum absolute atomic E-state index is 13.5. The molecule has 0 spiro atoms. The molecule has 0 bridgehead atoms. The van der Waals surface area contributed by atoms with Gasteiger partial charge in [0.05, 0.1) is 37.4 Å². The normalized spacial score (nSPS) is 13.9. The van der Waals surface area contributed by atoms with Crippen LogP contribution in [0.5, 0.6) is 5.75 Å². The quantitative estimate of drug-likeness (QED) is 0.400. The van der Waals surface area contributed by atoms with E-state index >= 15 is 0 Å². The van der Waals surface area contributed by atoms with Crippen LogP contribution in [0.4, 0.5) is 4.79 Å². The Balaban J connectivity index is 2.22. The number of rotatable bonds is 13. The van der Waals surface area contributed by atoms with E-state index in [1.54, 1.807) is 32.9 Å². The van der Waals surface area contributed by atoms with Gasteiger partial charge in [0.15, 0.2) is 0 Å². The first-order valence-corrected chi connectivity index (χ1v) is 13.7. The number of nitrogens with one attached hydrogen (secondary N) is 1. The monoisotopic (exact) mass is 536 g/mol. The van der Waals surface area contributed by atoms with Crippen LogP contribution in [0.1, 0.15) is 40.2 Å². The third-order valence-corrected chi connectivity index (χ3v) is 7.08. The van der Waals surface area contributed by atoms with Crippen LogP contribution in [0.2, 0.25) is 0 Å². The summed E-state index contributed by atoms with van der Waals surface area (Å²) in [7, 11) is -2.43. The van der Waals surface area contributed by atoms with E-state index in [1.807, 2.05) is 44.2 Å². The number of hydrogen-bond donors (Lipinski definition) is 2. The number of methoxy groups -OCH3 is 1. The van der Waals surface area contributed by atoms with Crippen molar-refractivity contribution < 1.29 is 32.5 Å². The number of aliphatic hydroxyl groups excluding tert-OH is 1. The summed E-state index contributed by atoms with van der Waals surface area (Å²) >= 11 is 0. The Labute approximate surface area is 220 Å². The molecule has 0 heterocycles. The third kappa shape index (κ3) is 10.3. The van der Waals surface area contributed by atoms with Gasteiger partial charge in [-0.3, -0.25) is 0 Å². The van der Waals surface area contributed by atoms with E-state index in [2.05, 4.69) is 5.32 Å². The van der Waals surface area contributed by atoms with Crippen LogP contribution in [-0.4, -0.2) is 68.5 Å². The average Bonchev–Trinajstić information content (AvgIpc) is 2.82. The topological polar surface area (TPSA) is 114 Å². The number of carbonyl (C=O) groups is 1. The number of alkyl carbamates (subject to hydrolysis) is 1. The Morgan fingerprint density at radius 1 is 1.03 bits per heavy atom. The van der Waals surface area contributed by atoms with Gasteiger partial charge in [-0.05, 0) is 56.5 Å². The van der Waals surface area contributed by atoms with Gasteiger partial charge < -0.3 is 24.6 Å². The van der Waals surface area contributed by atoms with Gasteiger partial charge >= 0.3 is 6.09 Å². The van der Waals surface area contributed by atoms with E-state index in [0.29, 0.717) is 5.75 Å². The van der Waals surface area contributed by atoms with Gasteiger partial charge in [0, 0.05) is 13.1 Å². The van der Waals surface area contributed by atoms with Crippen LogP contribution < -0.4 is 10.1 Å². The fourth-order valence-corrected chi connectivity index (χ4v) is 5.12. The maximum Gasteiger partial charge on any atom is 0.408 e. The van der Waals surface area contributed by atoms with E-state index in [4.69, 9.17) is 14.2 Å². The van der Waals surface area contributed by atoms with Gasteiger partial charge in [-0.1, -0.05) is 44.2 Å². The molecule has 0 aliphatic heterocycles. The number of benzene rings is 2. The zero-order chi connectivity index (χ0) is 27.6. The summed E-state index contributed by atoms with van der Waals surface area (Å²) in [5.41, 5.74) is 0.183. The Kier molecular flexibility index (Phi) is 11.4. The summed E-state index contributed by atoms with van der Waals surface area (Å²) in [5.74, 6) is 0.526. The molecule has 0 aliphatic rings. The Hall–Kier alpha value is -2.66. The van der Waals surface area contributed by atoms with Crippen LogP contribution in [0.25, 0.3) is 0 Å². The number of sulfonamides is 1. The van der Waals surface area contributed by atoms with Crippen molar-refractivity contribution in [2.24, 2.45) is 5.92 Å². The second-order valence-electron chi connectivity index (χ2n) is 10.2. The number of nitrogens with zero attached hydrogens (tertiary/aromatic N) is 1. The van der Waals surface area contributed by atoms with Crippen LogP contribution in [0.3, 0.4) is 0 Å². The highest BCUT2D eigenvalue weighted by Gasteiger charge is 2.32. The van der Waals surface area contributed by atoms with Crippen LogP contribution in [0, 0.1) is 5.92 Å². The minimum atomic E-state index is -3.94. The van der Waals surface area contributed by atoms with Crippen molar-refractivity contribution in [1.82, 2.24) is 9.62 Å².